The molecule has 0 unspecified atom stereocenters. The van der Waals surface area contributed by atoms with Crippen LogP contribution < -0.4 is 0 Å². The molecule has 696 valence electrons. The van der Waals surface area contributed by atoms with Crippen molar-refractivity contribution in [3.05, 3.63) is 340 Å². The monoisotopic (exact) mass is 1850 g/mol. The third kappa shape index (κ3) is 18.4. The minimum absolute atomic E-state index is 0.104. The first-order valence-corrected chi connectivity index (χ1v) is 44.7. The van der Waals surface area contributed by atoms with Gasteiger partial charge < -0.3 is 33.4 Å². The number of hydrogen-bond donors (Lipinski definition) is 3. The average molecular weight is 1850 g/mol. The fourth-order valence-corrected chi connectivity index (χ4v) is 17.7. The zero-order valence-electron chi connectivity index (χ0n) is 78.5. The number of benzene rings is 7. The van der Waals surface area contributed by atoms with E-state index < -0.39 is 41.6 Å². The van der Waals surface area contributed by atoms with E-state index >= 15 is 4.39 Å². The Bertz CT molecular complexity index is 7880. The molecule has 0 spiro atoms. The number of aryl methyl sites for hydroxylation is 9. The van der Waals surface area contributed by atoms with E-state index in [-0.39, 0.29) is 40.9 Å². The first-order chi connectivity index (χ1) is 66.1. The number of rotatable bonds is 22. The molecule has 0 fully saturated rings. The molecule has 0 bridgehead atoms. The average Bonchev–Trinajstić information content (AvgIpc) is 1.61. The molecule has 4 atom stereocenters. The second-order valence-corrected chi connectivity index (χ2v) is 35.0. The lowest BCUT2D eigenvalue weighted by Gasteiger charge is -2.19. The molecular weight excluding hydrogens is 1750 g/mol. The number of aromatic carboxylic acids is 2. The molecule has 3 N–H and O–H groups in total. The number of aliphatic carboxylic acids is 1. The standard InChI is InChI=1S/C29H28N4O3.C27H24N4O3.C26H21FN4O3.C25H24F2N6O/c1-17-26(19(3)36-32-17)21-11-14-23-25(16-21)33(18(2)24-8-6-7-15-30-24)31-27(23)20-9-12-22(13-10-20)29(4,5)28(34)35;1-15-13-20(9-10-21(15)27(32)33)26-22-11-8-19(25-16(2)30-34-18(25)4)14-24(22)31(29-26)17(3)23-7-5-6-12-28-23;1-14-24(16(3)34-30-14)17-7-10-20-23(13-17)31(15(2)22-6-4-5-11-28-22)29-25(20)19-9-8-18(26(32)33)12-21(19)27;1-15-23(17(3)34-31-15)18-8-9-20-22(11-18)33(16(2)21-7-5-6-10-28-21)30-24(20)19-12-29-32(13-19)14-25(4,26)27/h6-16,18H,1-5H3,(H,34,35);5-14,17H,1-4H3,(H,32,33);4-13,15H,1-3H3,(H,32,33);5-13,16H,14H2,1-4H3/t18-;17-;15-;16-/m0000/s1. The largest absolute Gasteiger partial charge is 0.481 e. The minimum atomic E-state index is -2.86. The summed E-state index contributed by atoms with van der Waals surface area (Å²) in [7, 11) is 0. The van der Waals surface area contributed by atoms with Gasteiger partial charge in [-0.3, -0.25) is 48.1 Å². The van der Waals surface area contributed by atoms with E-state index in [0.29, 0.717) is 28.3 Å². The van der Waals surface area contributed by atoms with Gasteiger partial charge in [-0.05, 0) is 265 Å². The molecule has 0 saturated carbocycles. The topological polar surface area (TPSA) is 357 Å². The van der Waals surface area contributed by atoms with Gasteiger partial charge >= 0.3 is 17.9 Å². The predicted molar refractivity (Wildman–Crippen MR) is 518 cm³/mol. The third-order valence-corrected chi connectivity index (χ3v) is 25.0. The van der Waals surface area contributed by atoms with Gasteiger partial charge in [0.2, 0.25) is 0 Å². The number of nitrogens with zero attached hydrogens (tertiary/aromatic N) is 18. The summed E-state index contributed by atoms with van der Waals surface area (Å²) in [5, 5.41) is 72.1. The number of carboxylic acid groups (broad SMARTS) is 3. The molecule has 20 aromatic rings. The highest BCUT2D eigenvalue weighted by Gasteiger charge is 2.33. The van der Waals surface area contributed by atoms with Crippen LogP contribution in [0, 0.1) is 68.1 Å². The molecule has 0 aliphatic heterocycles. The highest BCUT2D eigenvalue weighted by molar-refractivity contribution is 6.01. The van der Waals surface area contributed by atoms with Gasteiger partial charge in [-0.15, -0.1) is 0 Å². The number of hydrogen-bond acceptors (Lipinski definition) is 20. The van der Waals surface area contributed by atoms with Gasteiger partial charge in [0.05, 0.1) is 115 Å². The summed E-state index contributed by atoms with van der Waals surface area (Å²) in [6.45, 7) is 29.0. The Morgan fingerprint density at radius 2 is 0.725 bits per heavy atom. The third-order valence-electron chi connectivity index (χ3n) is 25.0. The van der Waals surface area contributed by atoms with Crippen molar-refractivity contribution >= 4 is 61.5 Å². The van der Waals surface area contributed by atoms with E-state index in [0.717, 1.165) is 192 Å². The number of pyridine rings is 4. The zero-order chi connectivity index (χ0) is 97.6. The molecule has 7 aromatic carbocycles. The molecule has 138 heavy (non-hydrogen) atoms. The van der Waals surface area contributed by atoms with Crippen LogP contribution in [-0.2, 0) is 16.8 Å². The quantitative estimate of drug-likeness (QED) is 0.0567. The van der Waals surface area contributed by atoms with Crippen molar-refractivity contribution in [1.29, 1.82) is 0 Å². The summed E-state index contributed by atoms with van der Waals surface area (Å²) in [5.41, 5.74) is 24.1. The molecule has 13 aromatic heterocycles. The van der Waals surface area contributed by atoms with Crippen LogP contribution in [0.1, 0.15) is 173 Å². The predicted octanol–water partition coefficient (Wildman–Crippen LogP) is 24.0. The van der Waals surface area contributed by atoms with Crippen molar-refractivity contribution in [2.24, 2.45) is 0 Å². The Kier molecular flexibility index (Phi) is 25.6. The highest BCUT2D eigenvalue weighted by Crippen LogP contribution is 2.44. The minimum Gasteiger partial charge on any atom is -0.481 e. The number of carboxylic acids is 3. The number of carbonyl (C=O) groups is 3. The van der Waals surface area contributed by atoms with E-state index in [1.54, 1.807) is 64.0 Å². The summed E-state index contributed by atoms with van der Waals surface area (Å²) >= 11 is 0. The van der Waals surface area contributed by atoms with Gasteiger partial charge in [0.25, 0.3) is 5.92 Å². The molecule has 28 nitrogen and oxygen atoms in total. The molecule has 0 aliphatic carbocycles. The lowest BCUT2D eigenvalue weighted by molar-refractivity contribution is -0.142. The number of aromatic nitrogens is 18. The van der Waals surface area contributed by atoms with Crippen molar-refractivity contribution in [3.8, 4) is 89.5 Å². The van der Waals surface area contributed by atoms with Crippen molar-refractivity contribution in [1.82, 2.24) is 89.5 Å². The maximum absolute atomic E-state index is 15.0. The summed E-state index contributed by atoms with van der Waals surface area (Å²) in [5.74, 6) is -3.51. The van der Waals surface area contributed by atoms with Crippen LogP contribution in [0.3, 0.4) is 0 Å². The van der Waals surface area contributed by atoms with Crippen LogP contribution in [0.25, 0.3) is 133 Å². The maximum atomic E-state index is 15.0. The van der Waals surface area contributed by atoms with Gasteiger partial charge in [-0.2, -0.15) is 25.5 Å². The molecule has 31 heteroatoms. The molecule has 0 saturated heterocycles. The molecule has 20 rings (SSSR count). The number of halogens is 3. The van der Waals surface area contributed by atoms with Crippen molar-refractivity contribution in [2.45, 2.75) is 153 Å². The highest BCUT2D eigenvalue weighted by atomic mass is 19.3. The smallest absolute Gasteiger partial charge is 0.335 e. The van der Waals surface area contributed by atoms with E-state index in [1.807, 2.05) is 234 Å². The van der Waals surface area contributed by atoms with Crippen molar-refractivity contribution in [3.63, 3.8) is 0 Å². The summed E-state index contributed by atoms with van der Waals surface area (Å²) in [4.78, 5) is 52.5. The molecular formula is C107H97F3N18O10. The lowest BCUT2D eigenvalue weighted by atomic mass is 9.84. The molecule has 0 aliphatic rings. The van der Waals surface area contributed by atoms with E-state index in [4.69, 9.17) is 38.5 Å². The second-order valence-electron chi connectivity index (χ2n) is 35.0. The number of fused-ring (bicyclic) bond motifs is 4. The fraction of sp³-hybridized carbons (Fsp3) is 0.215. The van der Waals surface area contributed by atoms with Gasteiger partial charge in [0.1, 0.15) is 58.2 Å². The summed E-state index contributed by atoms with van der Waals surface area (Å²) < 4.78 is 72.6. The van der Waals surface area contributed by atoms with E-state index in [1.165, 1.54) is 16.8 Å². The zero-order valence-corrected chi connectivity index (χ0v) is 78.5. The summed E-state index contributed by atoms with van der Waals surface area (Å²) in [6, 6.07) is 63.7. The molecule has 13 heterocycles. The van der Waals surface area contributed by atoms with Gasteiger partial charge in [-0.25, -0.2) is 22.8 Å². The molecule has 0 amide bonds. The van der Waals surface area contributed by atoms with Crippen molar-refractivity contribution in [2.75, 3.05) is 0 Å². The first kappa shape index (κ1) is 93.1. The first-order valence-electron chi connectivity index (χ1n) is 44.7. The Morgan fingerprint density at radius 1 is 0.384 bits per heavy atom. The fourth-order valence-electron chi connectivity index (χ4n) is 17.7. The Hall–Kier alpha value is -16.7. The maximum Gasteiger partial charge on any atom is 0.335 e. The second kappa shape index (κ2) is 38.0. The SMILES string of the molecule is Cc1cc(-c2nn([C@@H](C)c3ccccn3)c3cc(-c4c(C)noc4C)ccc23)ccc1C(=O)O.Cc1noc(C)c1-c1ccc2c(-c3ccc(C(=O)O)cc3F)nn([C@@H](C)c3ccccn3)c2c1.Cc1noc(C)c1-c1ccc2c(-c3ccc(C(C)(C)C(=O)O)cc3)nn([C@@H](C)c3ccccn3)c2c1.Cc1noc(C)c1-c1ccc2c(-c3cnn(CC(C)(F)F)c3)nn([C@@H](C)c3ccccn3)c2c1. The van der Waals surface area contributed by atoms with Crippen LogP contribution in [0.15, 0.2) is 262 Å². The number of alkyl halides is 2. The Morgan fingerprint density at radius 3 is 1.04 bits per heavy atom. The van der Waals surface area contributed by atoms with Gasteiger partial charge in [0, 0.05) is 104 Å². The Balaban J connectivity index is 0.000000127. The van der Waals surface area contributed by atoms with Gasteiger partial charge in [0.15, 0.2) is 0 Å². The summed E-state index contributed by atoms with van der Waals surface area (Å²) in [6.07, 6.45) is 10.2. The van der Waals surface area contributed by atoms with Crippen LogP contribution in [0.5, 0.6) is 0 Å². The lowest BCUT2D eigenvalue weighted by Crippen LogP contribution is -2.28. The van der Waals surface area contributed by atoms with Crippen molar-refractivity contribution < 1.29 is 61.0 Å². The normalized spacial score (nSPS) is 12.5. The molecule has 0 radical (unpaired) electrons. The van der Waals surface area contributed by atoms with E-state index in [9.17, 15) is 38.5 Å². The van der Waals surface area contributed by atoms with Crippen LogP contribution in [0.2, 0.25) is 0 Å². The van der Waals surface area contributed by atoms with E-state index in [2.05, 4.69) is 95.9 Å². The Labute approximate surface area is 790 Å². The van der Waals surface area contributed by atoms with Crippen LogP contribution >= 0.6 is 0 Å². The van der Waals surface area contributed by atoms with Gasteiger partial charge in [-0.1, -0.05) is 99.5 Å². The van der Waals surface area contributed by atoms with Crippen LogP contribution in [-0.4, -0.2) is 129 Å². The van der Waals surface area contributed by atoms with Crippen LogP contribution in [0.4, 0.5) is 13.2 Å².